The zero-order valence-electron chi connectivity index (χ0n) is 19.3. The van der Waals surface area contributed by atoms with Crippen molar-refractivity contribution in [1.82, 2.24) is 34.8 Å². The molecule has 0 amide bonds. The first-order chi connectivity index (χ1) is 16.7. The third-order valence-corrected chi connectivity index (χ3v) is 6.06. The number of nitrogens with one attached hydrogen (secondary N) is 1. The topological polar surface area (TPSA) is 85.9 Å². The van der Waals surface area contributed by atoms with Gasteiger partial charge in [-0.3, -0.25) is 9.67 Å². The smallest absolute Gasteiger partial charge is 0.375 e. The largest absolute Gasteiger partial charge is 0.408 e. The van der Waals surface area contributed by atoms with Crippen molar-refractivity contribution in [3.63, 3.8) is 0 Å². The van der Waals surface area contributed by atoms with Crippen molar-refractivity contribution in [2.75, 3.05) is 38.2 Å². The van der Waals surface area contributed by atoms with Gasteiger partial charge in [-0.05, 0) is 25.1 Å². The summed E-state index contributed by atoms with van der Waals surface area (Å²) in [4.78, 5) is 11.4. The van der Waals surface area contributed by atoms with E-state index >= 15 is 0 Å². The first kappa shape index (κ1) is 23.2. The minimum Gasteiger partial charge on any atom is -0.375 e. The van der Waals surface area contributed by atoms with Crippen LogP contribution in [0.3, 0.4) is 0 Å². The Balaban J connectivity index is 1.47. The fourth-order valence-corrected chi connectivity index (χ4v) is 4.17. The highest BCUT2D eigenvalue weighted by Gasteiger charge is 2.30. The van der Waals surface area contributed by atoms with Crippen molar-refractivity contribution in [2.45, 2.75) is 25.2 Å². The lowest BCUT2D eigenvalue weighted by Crippen LogP contribution is -2.45. The van der Waals surface area contributed by atoms with Crippen LogP contribution in [0.5, 0.6) is 0 Å². The maximum Gasteiger partial charge on any atom is 0.408 e. The van der Waals surface area contributed by atoms with E-state index in [1.807, 2.05) is 18.2 Å². The van der Waals surface area contributed by atoms with E-state index < -0.39 is 12.7 Å². The molecule has 5 heterocycles. The van der Waals surface area contributed by atoms with Crippen LogP contribution >= 0.6 is 0 Å². The molecular formula is C23H25F3N8O. The molecule has 1 saturated heterocycles. The summed E-state index contributed by atoms with van der Waals surface area (Å²) in [6, 6.07) is 7.53. The van der Waals surface area contributed by atoms with Crippen molar-refractivity contribution < 1.29 is 17.9 Å². The number of fused-ring (bicyclic) bond motifs is 1. The molecule has 0 bridgehead atoms. The minimum atomic E-state index is -4.35. The molecule has 1 aliphatic rings. The Kier molecular flexibility index (Phi) is 5.93. The van der Waals surface area contributed by atoms with E-state index in [0.717, 1.165) is 41.0 Å². The molecule has 5 rings (SSSR count). The quantitative estimate of drug-likeness (QED) is 0.464. The van der Waals surface area contributed by atoms with Gasteiger partial charge in [-0.2, -0.15) is 23.4 Å². The SMILES string of the molecule is CO[C@]1(C)CNCCN(c2cccc(-n3ncc4cnc(-c5cnn(CC(F)(F)F)c5)cc43)n2)C1. The lowest BCUT2D eigenvalue weighted by molar-refractivity contribution is -0.142. The zero-order valence-corrected chi connectivity index (χ0v) is 19.3. The van der Waals surface area contributed by atoms with Gasteiger partial charge in [-0.1, -0.05) is 6.07 Å². The van der Waals surface area contributed by atoms with E-state index in [1.54, 1.807) is 30.3 Å². The summed E-state index contributed by atoms with van der Waals surface area (Å²) < 4.78 is 46.4. The Hall–Kier alpha value is -3.51. The molecular weight excluding hydrogens is 461 g/mol. The fourth-order valence-electron chi connectivity index (χ4n) is 4.17. The fraction of sp³-hybridized carbons (Fsp3) is 0.391. The predicted molar refractivity (Wildman–Crippen MR) is 124 cm³/mol. The Morgan fingerprint density at radius 2 is 1.97 bits per heavy atom. The van der Waals surface area contributed by atoms with Gasteiger partial charge < -0.3 is 15.0 Å². The summed E-state index contributed by atoms with van der Waals surface area (Å²) in [5.74, 6) is 1.43. The van der Waals surface area contributed by atoms with Crippen LogP contribution in [0.1, 0.15) is 6.92 Å². The van der Waals surface area contributed by atoms with Crippen molar-refractivity contribution in [3.05, 3.63) is 49.1 Å². The highest BCUT2D eigenvalue weighted by atomic mass is 19.4. The van der Waals surface area contributed by atoms with Gasteiger partial charge in [0.2, 0.25) is 0 Å². The minimum absolute atomic E-state index is 0.344. The Morgan fingerprint density at radius 3 is 2.77 bits per heavy atom. The van der Waals surface area contributed by atoms with E-state index in [1.165, 1.54) is 12.4 Å². The second-order valence-corrected chi connectivity index (χ2v) is 8.83. The Morgan fingerprint density at radius 1 is 1.14 bits per heavy atom. The van der Waals surface area contributed by atoms with E-state index in [4.69, 9.17) is 9.72 Å². The van der Waals surface area contributed by atoms with Gasteiger partial charge in [0.1, 0.15) is 12.4 Å². The zero-order chi connectivity index (χ0) is 24.6. The number of hydrogen-bond donors (Lipinski definition) is 1. The van der Waals surface area contributed by atoms with E-state index in [9.17, 15) is 13.2 Å². The molecule has 184 valence electrons. The van der Waals surface area contributed by atoms with E-state index in [0.29, 0.717) is 23.6 Å². The monoisotopic (exact) mass is 486 g/mol. The maximum absolute atomic E-state index is 12.7. The number of halogens is 3. The Bertz CT molecular complexity index is 1330. The summed E-state index contributed by atoms with van der Waals surface area (Å²) in [6.07, 6.45) is 1.69. The van der Waals surface area contributed by atoms with Gasteiger partial charge >= 0.3 is 6.18 Å². The molecule has 1 atom stereocenters. The molecule has 12 heteroatoms. The molecule has 1 N–H and O–H groups in total. The molecule has 0 spiro atoms. The maximum atomic E-state index is 12.7. The van der Waals surface area contributed by atoms with Gasteiger partial charge in [-0.15, -0.1) is 0 Å². The van der Waals surface area contributed by atoms with Crippen LogP contribution in [0.2, 0.25) is 0 Å². The lowest BCUT2D eigenvalue weighted by atomic mass is 10.1. The van der Waals surface area contributed by atoms with E-state index in [2.05, 4.69) is 32.3 Å². The van der Waals surface area contributed by atoms with Gasteiger partial charge in [0.25, 0.3) is 0 Å². The van der Waals surface area contributed by atoms with Gasteiger partial charge in [0.05, 0.1) is 29.2 Å². The molecule has 0 saturated carbocycles. The second kappa shape index (κ2) is 8.93. The van der Waals surface area contributed by atoms with Crippen molar-refractivity contribution >= 4 is 16.7 Å². The number of pyridine rings is 2. The molecule has 4 aromatic rings. The van der Waals surface area contributed by atoms with Crippen molar-refractivity contribution in [1.29, 1.82) is 0 Å². The number of alkyl halides is 3. The van der Waals surface area contributed by atoms with Crippen molar-refractivity contribution in [2.24, 2.45) is 0 Å². The number of rotatable bonds is 5. The molecule has 35 heavy (non-hydrogen) atoms. The molecule has 0 radical (unpaired) electrons. The Labute approximate surface area is 199 Å². The summed E-state index contributed by atoms with van der Waals surface area (Å²) in [6.45, 7) is 3.94. The molecule has 4 aromatic heterocycles. The van der Waals surface area contributed by atoms with Gasteiger partial charge in [-0.25, -0.2) is 9.67 Å². The summed E-state index contributed by atoms with van der Waals surface area (Å²) >= 11 is 0. The third-order valence-electron chi connectivity index (χ3n) is 6.06. The number of aromatic nitrogens is 6. The molecule has 0 aromatic carbocycles. The molecule has 1 aliphatic heterocycles. The average Bonchev–Trinajstić information content (AvgIpc) is 3.41. The van der Waals surface area contributed by atoms with Gasteiger partial charge in [0.15, 0.2) is 5.82 Å². The predicted octanol–water partition coefficient (Wildman–Crippen LogP) is 3.06. The molecule has 1 fully saturated rings. The normalized spacial score (nSPS) is 19.3. The first-order valence-corrected chi connectivity index (χ1v) is 11.1. The number of hydrogen-bond acceptors (Lipinski definition) is 7. The molecule has 0 aliphatic carbocycles. The first-order valence-electron chi connectivity index (χ1n) is 11.1. The van der Waals surface area contributed by atoms with Crippen LogP contribution in [-0.4, -0.2) is 74.6 Å². The highest BCUT2D eigenvalue weighted by molar-refractivity contribution is 5.83. The van der Waals surface area contributed by atoms with Gasteiger partial charge in [0, 0.05) is 56.6 Å². The standard InChI is InChI=1S/C23H25F3N8O/c1-22(35-2)13-27-6-7-32(14-22)20-4-3-5-21(31-20)34-19-8-18(28-9-16(19)10-30-34)17-11-29-33(12-17)15-23(24,25)26/h3-5,8-12,27H,6-7,13-15H2,1-2H3/t22-/m1/s1. The van der Waals surface area contributed by atoms with Crippen molar-refractivity contribution in [3.8, 4) is 17.1 Å². The van der Waals surface area contributed by atoms with Crippen LogP contribution in [-0.2, 0) is 11.3 Å². The average molecular weight is 487 g/mol. The lowest BCUT2D eigenvalue weighted by Gasteiger charge is -2.32. The van der Waals surface area contributed by atoms with Crippen LogP contribution in [0.4, 0.5) is 19.0 Å². The van der Waals surface area contributed by atoms with Crippen LogP contribution in [0.15, 0.2) is 49.1 Å². The van der Waals surface area contributed by atoms with Crippen LogP contribution < -0.4 is 10.2 Å². The summed E-state index contributed by atoms with van der Waals surface area (Å²) in [7, 11) is 1.71. The second-order valence-electron chi connectivity index (χ2n) is 8.83. The summed E-state index contributed by atoms with van der Waals surface area (Å²) in [5, 5.41) is 12.5. The van der Waals surface area contributed by atoms with E-state index in [-0.39, 0.29) is 5.60 Å². The summed E-state index contributed by atoms with van der Waals surface area (Å²) in [5.41, 5.74) is 1.38. The highest BCUT2D eigenvalue weighted by Crippen LogP contribution is 2.26. The number of nitrogens with zero attached hydrogens (tertiary/aromatic N) is 7. The van der Waals surface area contributed by atoms with Crippen LogP contribution in [0, 0.1) is 0 Å². The number of ether oxygens (including phenoxy) is 1. The van der Waals surface area contributed by atoms with Crippen LogP contribution in [0.25, 0.3) is 28.0 Å². The number of methoxy groups -OCH3 is 1. The molecule has 9 nitrogen and oxygen atoms in total. The number of anilines is 1. The molecule has 0 unspecified atom stereocenters. The third kappa shape index (κ3) is 4.98.